The van der Waals surface area contributed by atoms with E-state index in [4.69, 9.17) is 21.4 Å². The molecule has 8 rings (SSSR count). The highest BCUT2D eigenvalue weighted by Crippen LogP contribution is 2.64. The summed E-state index contributed by atoms with van der Waals surface area (Å²) in [6.07, 6.45) is 1.20. The lowest BCUT2D eigenvalue weighted by Crippen LogP contribution is -2.49. The molecule has 13 heteroatoms. The van der Waals surface area contributed by atoms with Crippen LogP contribution in [0.25, 0.3) is 20.7 Å². The second-order valence-corrected chi connectivity index (χ2v) is 15.8. The second-order valence-electron chi connectivity index (χ2n) is 14.4. The molecule has 0 unspecified atom stereocenters. The lowest BCUT2D eigenvalue weighted by molar-refractivity contribution is -0.138. The lowest BCUT2D eigenvalue weighted by atomic mass is 9.51. The zero-order valence-electron chi connectivity index (χ0n) is 28.8. The van der Waals surface area contributed by atoms with E-state index in [-0.39, 0.29) is 18.6 Å². The first-order valence-corrected chi connectivity index (χ1v) is 18.0. The molecular formula is C38H35ClN4O7S. The van der Waals surface area contributed by atoms with Gasteiger partial charge in [-0.05, 0) is 92.3 Å². The van der Waals surface area contributed by atoms with Gasteiger partial charge in [0.15, 0.2) is 0 Å². The highest BCUT2D eigenvalue weighted by molar-refractivity contribution is 7.22. The number of carbonyl (C=O) groups is 5. The van der Waals surface area contributed by atoms with Gasteiger partial charge in [0, 0.05) is 28.8 Å². The van der Waals surface area contributed by atoms with Crippen LogP contribution in [0.5, 0.6) is 5.75 Å². The predicted octanol–water partition coefficient (Wildman–Crippen LogP) is 6.58. The molecule has 0 bridgehead atoms. The molecule has 2 aliphatic heterocycles. The van der Waals surface area contributed by atoms with Gasteiger partial charge in [-0.1, -0.05) is 35.4 Å². The molecule has 2 aliphatic carbocycles. The van der Waals surface area contributed by atoms with E-state index in [2.05, 4.69) is 0 Å². The number of aryl methyl sites for hydroxylation is 4. The standard InChI is InChI=1S/C38H35ClN4O7S/c1-16-11-19(12-17(2)31(16)44)30-21-8-9-22-29(35(47)43(33(22)45)37(49)50-6)24(21)14-25-34(46)42(36(48)38(25,30)4)28-15-26(40-41(28)5)32-18(3)23-13-20(39)7-10-27(23)51-32/h7-8,10-13,15,22,24-25,29-30,44H,9,14H2,1-6H3/t22-,24+,25-,29-,30-,38+/m0/s1. The van der Waals surface area contributed by atoms with Gasteiger partial charge in [-0.3, -0.25) is 23.9 Å². The lowest BCUT2D eigenvalue weighted by Gasteiger charge is -2.49. The van der Waals surface area contributed by atoms with E-state index in [0.717, 1.165) is 38.8 Å². The summed E-state index contributed by atoms with van der Waals surface area (Å²) in [6, 6.07) is 11.1. The SMILES string of the molecule is COC(=O)N1C(=O)[C@H]2[C@H](CC=C3[C@H]2C[C@H]2C(=O)N(c4cc(-c5sc6ccc(Cl)cc6c5C)nn4C)C(=O)[C@@]2(C)[C@H]3c2cc(C)c(O)c(C)c2)C1=O. The molecule has 2 aromatic heterocycles. The van der Waals surface area contributed by atoms with E-state index < -0.39 is 64.7 Å². The maximum atomic E-state index is 15.0. The van der Waals surface area contributed by atoms with Crippen molar-refractivity contribution in [1.29, 1.82) is 0 Å². The molecule has 1 N–H and O–H groups in total. The van der Waals surface area contributed by atoms with Crippen molar-refractivity contribution < 1.29 is 33.8 Å². The van der Waals surface area contributed by atoms with Crippen LogP contribution in [0.4, 0.5) is 10.6 Å². The summed E-state index contributed by atoms with van der Waals surface area (Å²) in [5.41, 5.74) is 3.03. The highest BCUT2D eigenvalue weighted by Gasteiger charge is 2.68. The average Bonchev–Trinajstić information content (AvgIpc) is 3.76. The molecule has 11 nitrogen and oxygen atoms in total. The van der Waals surface area contributed by atoms with Gasteiger partial charge in [0.2, 0.25) is 23.6 Å². The summed E-state index contributed by atoms with van der Waals surface area (Å²) in [4.78, 5) is 72.3. The van der Waals surface area contributed by atoms with Gasteiger partial charge < -0.3 is 9.84 Å². The number of phenols is 1. The molecule has 4 aromatic rings. The number of rotatable bonds is 3. The Morgan fingerprint density at radius 2 is 1.73 bits per heavy atom. The zero-order valence-corrected chi connectivity index (χ0v) is 30.4. The van der Waals surface area contributed by atoms with E-state index in [0.29, 0.717) is 32.6 Å². The number of thiophene rings is 1. The van der Waals surface area contributed by atoms with E-state index in [1.807, 2.05) is 50.3 Å². The van der Waals surface area contributed by atoms with Gasteiger partial charge in [-0.2, -0.15) is 10.00 Å². The number of fused-ring (bicyclic) bond motifs is 5. The largest absolute Gasteiger partial charge is 0.507 e. The monoisotopic (exact) mass is 726 g/mol. The van der Waals surface area contributed by atoms with Crippen molar-refractivity contribution in [2.75, 3.05) is 12.0 Å². The summed E-state index contributed by atoms with van der Waals surface area (Å²) < 4.78 is 7.36. The Kier molecular flexibility index (Phi) is 7.42. The quantitative estimate of drug-likeness (QED) is 0.185. The molecule has 2 saturated heterocycles. The first kappa shape index (κ1) is 33.3. The molecule has 2 aromatic carbocycles. The first-order valence-electron chi connectivity index (χ1n) is 16.8. The molecule has 4 heterocycles. The summed E-state index contributed by atoms with van der Waals surface area (Å²) in [5, 5.41) is 17.1. The number of aromatic nitrogens is 2. The second kappa shape index (κ2) is 11.3. The van der Waals surface area contributed by atoms with E-state index in [1.54, 1.807) is 43.0 Å². The van der Waals surface area contributed by atoms with Gasteiger partial charge in [0.25, 0.3) is 0 Å². The zero-order chi connectivity index (χ0) is 36.4. The van der Waals surface area contributed by atoms with Crippen molar-refractivity contribution in [3.8, 4) is 16.3 Å². The van der Waals surface area contributed by atoms with Crippen molar-refractivity contribution in [1.82, 2.24) is 14.7 Å². The Hall–Kier alpha value is -4.81. The Labute approximate surface area is 302 Å². The Bertz CT molecular complexity index is 2280. The van der Waals surface area contributed by atoms with Crippen LogP contribution in [0.1, 0.15) is 47.9 Å². The maximum absolute atomic E-state index is 15.0. The third-order valence-corrected chi connectivity index (χ3v) is 13.2. The van der Waals surface area contributed by atoms with Crippen LogP contribution in [0.15, 0.2) is 48.0 Å². The number of carbonyl (C=O) groups excluding carboxylic acids is 5. The number of nitrogens with zero attached hydrogens (tertiary/aromatic N) is 4. The normalized spacial score (nSPS) is 27.2. The molecule has 0 spiro atoms. The minimum Gasteiger partial charge on any atom is -0.507 e. The topological polar surface area (TPSA) is 139 Å². The van der Waals surface area contributed by atoms with Crippen LogP contribution in [0.2, 0.25) is 5.02 Å². The number of amides is 5. The smallest absolute Gasteiger partial charge is 0.423 e. The number of ether oxygens (including phenoxy) is 1. The molecular weight excluding hydrogens is 692 g/mol. The van der Waals surface area contributed by atoms with Gasteiger partial charge in [-0.15, -0.1) is 11.3 Å². The van der Waals surface area contributed by atoms with Gasteiger partial charge >= 0.3 is 6.09 Å². The number of aromatic hydroxyl groups is 1. The third-order valence-electron chi connectivity index (χ3n) is 11.7. The molecule has 1 saturated carbocycles. The Balaban J connectivity index is 1.26. The molecule has 6 atom stereocenters. The number of methoxy groups -OCH3 is 1. The number of phenolic OH excluding ortho intramolecular Hbond substituents is 1. The minimum absolute atomic E-state index is 0.131. The number of imide groups is 4. The number of allylic oxidation sites excluding steroid dienone is 2. The summed E-state index contributed by atoms with van der Waals surface area (Å²) in [5.74, 6) is -5.46. The highest BCUT2D eigenvalue weighted by atomic mass is 35.5. The average molecular weight is 727 g/mol. The van der Waals surface area contributed by atoms with Crippen LogP contribution < -0.4 is 4.90 Å². The molecule has 5 amide bonds. The number of anilines is 1. The predicted molar refractivity (Wildman–Crippen MR) is 190 cm³/mol. The van der Waals surface area contributed by atoms with Crippen molar-refractivity contribution in [3.63, 3.8) is 0 Å². The van der Waals surface area contributed by atoms with Crippen molar-refractivity contribution in [3.05, 3.63) is 75.3 Å². The summed E-state index contributed by atoms with van der Waals surface area (Å²) >= 11 is 7.85. The van der Waals surface area contributed by atoms with Crippen molar-refractivity contribution >= 4 is 68.6 Å². The van der Waals surface area contributed by atoms with Gasteiger partial charge in [0.05, 0.1) is 35.2 Å². The number of benzene rings is 2. The number of likely N-dealkylation sites (tertiary alicyclic amines) is 1. The molecule has 3 fully saturated rings. The fourth-order valence-corrected chi connectivity index (χ4v) is 10.6. The van der Waals surface area contributed by atoms with Crippen molar-refractivity contribution in [2.45, 2.75) is 46.5 Å². The van der Waals surface area contributed by atoms with Crippen LogP contribution >= 0.6 is 22.9 Å². The Morgan fingerprint density at radius 3 is 2.41 bits per heavy atom. The maximum Gasteiger partial charge on any atom is 0.423 e. The summed E-state index contributed by atoms with van der Waals surface area (Å²) in [7, 11) is 2.82. The number of halogens is 1. The third kappa shape index (κ3) is 4.48. The summed E-state index contributed by atoms with van der Waals surface area (Å²) in [6.45, 7) is 7.36. The fraction of sp³-hybridized carbons (Fsp3) is 0.368. The Morgan fingerprint density at radius 1 is 1.02 bits per heavy atom. The van der Waals surface area contributed by atoms with Gasteiger partial charge in [-0.25, -0.2) is 9.69 Å². The molecule has 51 heavy (non-hydrogen) atoms. The first-order chi connectivity index (χ1) is 24.2. The minimum atomic E-state index is -1.29. The van der Waals surface area contributed by atoms with Crippen LogP contribution in [-0.4, -0.2) is 56.6 Å². The van der Waals surface area contributed by atoms with Gasteiger partial charge in [0.1, 0.15) is 17.3 Å². The van der Waals surface area contributed by atoms with E-state index in [9.17, 15) is 24.3 Å². The number of hydrogen-bond donors (Lipinski definition) is 1. The van der Waals surface area contributed by atoms with Crippen molar-refractivity contribution in [2.24, 2.45) is 36.1 Å². The fourth-order valence-electron chi connectivity index (χ4n) is 9.26. The molecule has 0 radical (unpaired) electrons. The van der Waals surface area contributed by atoms with E-state index in [1.165, 1.54) is 4.90 Å². The number of hydrogen-bond acceptors (Lipinski definition) is 9. The molecule has 262 valence electrons. The van der Waals surface area contributed by atoms with E-state index >= 15 is 4.79 Å². The van der Waals surface area contributed by atoms with Crippen LogP contribution in [-0.2, 0) is 31.0 Å². The van der Waals surface area contributed by atoms with Crippen LogP contribution in [0, 0.1) is 49.9 Å². The van der Waals surface area contributed by atoms with Crippen LogP contribution in [0.3, 0.4) is 0 Å². The molecule has 4 aliphatic rings.